The van der Waals surface area contributed by atoms with Gasteiger partial charge in [-0.05, 0) is 24.8 Å². The lowest BCUT2D eigenvalue weighted by molar-refractivity contribution is -0.142. The molecule has 1 fully saturated rings. The molecule has 1 aliphatic carbocycles. The van der Waals surface area contributed by atoms with Gasteiger partial charge in [-0.1, -0.05) is 6.42 Å². The molecule has 0 saturated heterocycles. The minimum Gasteiger partial charge on any atom is -0.480 e. The van der Waals surface area contributed by atoms with Crippen LogP contribution in [0.4, 0.5) is 0 Å². The molecule has 1 saturated carbocycles. The molecule has 7 heteroatoms. The largest absolute Gasteiger partial charge is 0.480 e. The number of hydrogen-bond donors (Lipinski definition) is 4. The molecule has 0 bridgehead atoms. The molecule has 5 N–H and O–H groups in total. The quantitative estimate of drug-likeness (QED) is 0.562. The number of nitrogens with one attached hydrogen (secondary N) is 2. The first-order valence-corrected chi connectivity index (χ1v) is 6.74. The number of carbonyl (C=O) groups is 2. The van der Waals surface area contributed by atoms with Gasteiger partial charge < -0.3 is 21.1 Å². The minimum absolute atomic E-state index is 0.124. The van der Waals surface area contributed by atoms with Crippen molar-refractivity contribution in [1.29, 1.82) is 0 Å². The molecule has 1 aromatic rings. The van der Waals surface area contributed by atoms with E-state index in [1.54, 1.807) is 6.20 Å². The maximum Gasteiger partial charge on any atom is 0.326 e. The van der Waals surface area contributed by atoms with Crippen LogP contribution in [0.25, 0.3) is 0 Å². The van der Waals surface area contributed by atoms with Gasteiger partial charge in [0.05, 0.1) is 6.33 Å². The Morgan fingerprint density at radius 3 is 2.75 bits per heavy atom. The first-order chi connectivity index (χ1) is 9.54. The van der Waals surface area contributed by atoms with E-state index in [0.29, 0.717) is 18.7 Å². The number of aromatic amines is 1. The summed E-state index contributed by atoms with van der Waals surface area (Å²) in [7, 11) is 0. The monoisotopic (exact) mass is 280 g/mol. The summed E-state index contributed by atoms with van der Waals surface area (Å²) in [6.45, 7) is 0.471. The molecule has 20 heavy (non-hydrogen) atoms. The second-order valence-electron chi connectivity index (χ2n) is 5.47. The van der Waals surface area contributed by atoms with Crippen molar-refractivity contribution in [3.63, 3.8) is 0 Å². The summed E-state index contributed by atoms with van der Waals surface area (Å²) in [5, 5.41) is 11.7. The SMILES string of the molecule is NCC1(CC(=O)NC(Cc2cnc[nH]2)C(=O)O)CCC1. The standard InChI is InChI=1S/C13H20N4O3/c14-7-13(2-1-3-13)5-11(18)17-10(12(19)20)4-9-6-15-8-16-9/h6,8,10H,1-5,7,14H2,(H,15,16)(H,17,18)(H,19,20). The Hall–Kier alpha value is -1.89. The van der Waals surface area contributed by atoms with Gasteiger partial charge in [0.25, 0.3) is 0 Å². The average molecular weight is 280 g/mol. The number of nitrogens with two attached hydrogens (primary N) is 1. The van der Waals surface area contributed by atoms with E-state index in [2.05, 4.69) is 15.3 Å². The highest BCUT2D eigenvalue weighted by atomic mass is 16.4. The molecule has 0 aromatic carbocycles. The third-order valence-electron chi connectivity index (χ3n) is 3.99. The molecule has 1 unspecified atom stereocenters. The van der Waals surface area contributed by atoms with Crippen LogP contribution in [-0.2, 0) is 16.0 Å². The van der Waals surface area contributed by atoms with Crippen LogP contribution in [0.1, 0.15) is 31.4 Å². The number of aliphatic carboxylic acids is 1. The van der Waals surface area contributed by atoms with Gasteiger partial charge in [0.1, 0.15) is 6.04 Å². The van der Waals surface area contributed by atoms with Crippen molar-refractivity contribution in [1.82, 2.24) is 15.3 Å². The minimum atomic E-state index is -1.05. The van der Waals surface area contributed by atoms with Crippen LogP contribution in [0.2, 0.25) is 0 Å². The zero-order chi connectivity index (χ0) is 14.6. The van der Waals surface area contributed by atoms with Crippen molar-refractivity contribution in [3.8, 4) is 0 Å². The van der Waals surface area contributed by atoms with Crippen LogP contribution in [-0.4, -0.2) is 39.5 Å². The van der Waals surface area contributed by atoms with Crippen molar-refractivity contribution in [2.75, 3.05) is 6.54 Å². The maximum absolute atomic E-state index is 12.0. The van der Waals surface area contributed by atoms with E-state index >= 15 is 0 Å². The third-order valence-corrected chi connectivity index (χ3v) is 3.99. The molecule has 7 nitrogen and oxygen atoms in total. The molecule has 0 radical (unpaired) electrons. The maximum atomic E-state index is 12.0. The Bertz CT molecular complexity index is 462. The average Bonchev–Trinajstić information content (AvgIpc) is 2.86. The molecule has 0 aliphatic heterocycles. The summed E-state index contributed by atoms with van der Waals surface area (Å²) in [6, 6.07) is -0.946. The topological polar surface area (TPSA) is 121 Å². The van der Waals surface area contributed by atoms with Gasteiger partial charge in [0, 0.05) is 24.7 Å². The van der Waals surface area contributed by atoms with Gasteiger partial charge in [-0.3, -0.25) is 4.79 Å². The number of amides is 1. The van der Waals surface area contributed by atoms with E-state index in [9.17, 15) is 14.7 Å². The molecule has 1 aromatic heterocycles. The fraction of sp³-hybridized carbons (Fsp3) is 0.615. The van der Waals surface area contributed by atoms with Crippen LogP contribution >= 0.6 is 0 Å². The molecule has 1 amide bonds. The Kier molecular flexibility index (Phi) is 4.39. The first-order valence-electron chi connectivity index (χ1n) is 6.74. The summed E-state index contributed by atoms with van der Waals surface area (Å²) in [4.78, 5) is 29.9. The predicted octanol–water partition coefficient (Wildman–Crippen LogP) is 0.0407. The fourth-order valence-electron chi connectivity index (χ4n) is 2.53. The van der Waals surface area contributed by atoms with Crippen molar-refractivity contribution in [2.45, 2.75) is 38.1 Å². The van der Waals surface area contributed by atoms with E-state index < -0.39 is 12.0 Å². The molecule has 1 heterocycles. The fourth-order valence-corrected chi connectivity index (χ4v) is 2.53. The highest BCUT2D eigenvalue weighted by Gasteiger charge is 2.38. The number of nitrogens with zero attached hydrogens (tertiary/aromatic N) is 1. The number of carbonyl (C=O) groups excluding carboxylic acids is 1. The van der Waals surface area contributed by atoms with Gasteiger partial charge in [0.15, 0.2) is 0 Å². The molecule has 110 valence electrons. The van der Waals surface area contributed by atoms with Crippen LogP contribution in [0.15, 0.2) is 12.5 Å². The zero-order valence-corrected chi connectivity index (χ0v) is 11.3. The zero-order valence-electron chi connectivity index (χ0n) is 11.3. The van der Waals surface area contributed by atoms with Gasteiger partial charge in [-0.2, -0.15) is 0 Å². The molecule has 0 spiro atoms. The van der Waals surface area contributed by atoms with E-state index in [1.807, 2.05) is 0 Å². The highest BCUT2D eigenvalue weighted by molar-refractivity contribution is 5.84. The van der Waals surface area contributed by atoms with Crippen LogP contribution in [0, 0.1) is 5.41 Å². The number of H-pyrrole nitrogens is 1. The second kappa shape index (κ2) is 6.04. The molecule has 2 rings (SSSR count). The van der Waals surface area contributed by atoms with Crippen molar-refractivity contribution in [2.24, 2.45) is 11.1 Å². The third kappa shape index (κ3) is 3.36. The Morgan fingerprint density at radius 1 is 1.55 bits per heavy atom. The second-order valence-corrected chi connectivity index (χ2v) is 5.47. The molecule has 1 aliphatic rings. The van der Waals surface area contributed by atoms with Gasteiger partial charge in [-0.15, -0.1) is 0 Å². The van der Waals surface area contributed by atoms with Crippen molar-refractivity contribution >= 4 is 11.9 Å². The van der Waals surface area contributed by atoms with Crippen LogP contribution in [0.5, 0.6) is 0 Å². The summed E-state index contributed by atoms with van der Waals surface area (Å²) < 4.78 is 0. The van der Waals surface area contributed by atoms with Crippen molar-refractivity contribution < 1.29 is 14.7 Å². The molecular weight excluding hydrogens is 260 g/mol. The number of aromatic nitrogens is 2. The van der Waals surface area contributed by atoms with Gasteiger partial charge in [-0.25, -0.2) is 9.78 Å². The number of hydrogen-bond acceptors (Lipinski definition) is 4. The van der Waals surface area contributed by atoms with Crippen LogP contribution in [0.3, 0.4) is 0 Å². The highest BCUT2D eigenvalue weighted by Crippen LogP contribution is 2.42. The molecular formula is C13H20N4O3. The number of carboxylic acids is 1. The number of carboxylic acid groups (broad SMARTS) is 1. The lowest BCUT2D eigenvalue weighted by Crippen LogP contribution is -2.47. The number of rotatable bonds is 7. The van der Waals surface area contributed by atoms with E-state index in [1.165, 1.54) is 6.33 Å². The lowest BCUT2D eigenvalue weighted by Gasteiger charge is -2.40. The lowest BCUT2D eigenvalue weighted by atomic mass is 9.66. The normalized spacial score (nSPS) is 18.1. The van der Waals surface area contributed by atoms with E-state index in [0.717, 1.165) is 19.3 Å². The smallest absolute Gasteiger partial charge is 0.326 e. The van der Waals surface area contributed by atoms with Gasteiger partial charge >= 0.3 is 5.97 Å². The Balaban J connectivity index is 1.90. The molecule has 1 atom stereocenters. The Morgan fingerprint density at radius 2 is 2.30 bits per heavy atom. The summed E-state index contributed by atoms with van der Waals surface area (Å²) in [6.07, 6.45) is 6.49. The summed E-state index contributed by atoms with van der Waals surface area (Å²) in [5.41, 5.74) is 6.26. The number of imidazole rings is 1. The predicted molar refractivity (Wildman–Crippen MR) is 71.8 cm³/mol. The summed E-state index contributed by atoms with van der Waals surface area (Å²) >= 11 is 0. The van der Waals surface area contributed by atoms with Crippen LogP contribution < -0.4 is 11.1 Å². The van der Waals surface area contributed by atoms with E-state index in [4.69, 9.17) is 5.73 Å². The van der Waals surface area contributed by atoms with Crippen molar-refractivity contribution in [3.05, 3.63) is 18.2 Å². The summed E-state index contributed by atoms with van der Waals surface area (Å²) in [5.74, 6) is -1.30. The Labute approximate surface area is 117 Å². The van der Waals surface area contributed by atoms with Gasteiger partial charge in [0.2, 0.25) is 5.91 Å². The first kappa shape index (κ1) is 14.5. The van der Waals surface area contributed by atoms with E-state index in [-0.39, 0.29) is 17.7 Å².